The minimum absolute atomic E-state index is 0.225. The van der Waals surface area contributed by atoms with Gasteiger partial charge in [0.25, 0.3) is 0 Å². The van der Waals surface area contributed by atoms with Crippen LogP contribution in [0.4, 0.5) is 5.69 Å². The van der Waals surface area contributed by atoms with E-state index in [1.54, 1.807) is 30.3 Å². The maximum absolute atomic E-state index is 11.9. The van der Waals surface area contributed by atoms with E-state index >= 15 is 0 Å². The molecule has 0 aliphatic heterocycles. The van der Waals surface area contributed by atoms with Gasteiger partial charge >= 0.3 is 5.97 Å². The van der Waals surface area contributed by atoms with Gasteiger partial charge in [-0.3, -0.25) is 9.59 Å². The Morgan fingerprint density at radius 2 is 2.17 bits per heavy atom. The summed E-state index contributed by atoms with van der Waals surface area (Å²) < 4.78 is 0. The number of carbonyl (C=O) groups excluding carboxylic acids is 1. The Balaban J connectivity index is 2.93. The quantitative estimate of drug-likeness (QED) is 0.806. The first kappa shape index (κ1) is 14.3. The van der Waals surface area contributed by atoms with Crippen LogP contribution < -0.4 is 4.90 Å². The van der Waals surface area contributed by atoms with E-state index < -0.39 is 5.97 Å². The van der Waals surface area contributed by atoms with Gasteiger partial charge in [0.05, 0.1) is 0 Å². The summed E-state index contributed by atoms with van der Waals surface area (Å²) in [6.07, 6.45) is 2.35. The highest BCUT2D eigenvalue weighted by molar-refractivity contribution is 6.30. The largest absolute Gasteiger partial charge is 0.480 e. The van der Waals surface area contributed by atoms with Crippen molar-refractivity contribution in [3.05, 3.63) is 41.9 Å². The monoisotopic (exact) mass is 267 g/mol. The fourth-order valence-electron chi connectivity index (χ4n) is 1.46. The highest BCUT2D eigenvalue weighted by Gasteiger charge is 2.18. The van der Waals surface area contributed by atoms with Gasteiger partial charge in [0.1, 0.15) is 6.54 Å². The van der Waals surface area contributed by atoms with Crippen molar-refractivity contribution in [2.24, 2.45) is 0 Å². The summed E-state index contributed by atoms with van der Waals surface area (Å²) in [6, 6.07) is 6.56. The van der Waals surface area contributed by atoms with Crippen molar-refractivity contribution in [3.63, 3.8) is 0 Å². The zero-order valence-corrected chi connectivity index (χ0v) is 10.6. The van der Waals surface area contributed by atoms with Gasteiger partial charge in [0, 0.05) is 17.1 Å². The average Bonchev–Trinajstić information content (AvgIpc) is 2.32. The molecule has 0 spiro atoms. The van der Waals surface area contributed by atoms with Crippen LogP contribution in [-0.4, -0.2) is 23.5 Å². The van der Waals surface area contributed by atoms with E-state index in [1.807, 2.05) is 0 Å². The molecular weight excluding hydrogens is 254 g/mol. The van der Waals surface area contributed by atoms with Gasteiger partial charge in [0.2, 0.25) is 5.91 Å². The van der Waals surface area contributed by atoms with Gasteiger partial charge < -0.3 is 10.0 Å². The molecule has 0 aromatic heterocycles. The number of aliphatic carboxylic acids is 1. The van der Waals surface area contributed by atoms with E-state index in [9.17, 15) is 9.59 Å². The molecule has 1 amide bonds. The van der Waals surface area contributed by atoms with Crippen molar-refractivity contribution in [1.82, 2.24) is 0 Å². The lowest BCUT2D eigenvalue weighted by Gasteiger charge is -2.20. The topological polar surface area (TPSA) is 57.6 Å². The standard InChI is InChI=1S/C13H14ClNO3/c1-2-3-7-12(16)15(9-13(17)18)11-6-4-5-10(14)8-11/h2,4-6,8H,1,3,7,9H2,(H,17,18). The summed E-state index contributed by atoms with van der Waals surface area (Å²) in [7, 11) is 0. The number of hydrogen-bond donors (Lipinski definition) is 1. The van der Waals surface area contributed by atoms with E-state index in [1.165, 1.54) is 4.90 Å². The molecule has 0 saturated carbocycles. The molecule has 0 atom stereocenters. The van der Waals surface area contributed by atoms with Gasteiger partial charge in [-0.05, 0) is 24.6 Å². The molecular formula is C13H14ClNO3. The van der Waals surface area contributed by atoms with Gasteiger partial charge in [0.15, 0.2) is 0 Å². The summed E-state index contributed by atoms with van der Waals surface area (Å²) in [5.41, 5.74) is 0.485. The van der Waals surface area contributed by atoms with E-state index in [0.717, 1.165) is 0 Å². The second-order valence-electron chi connectivity index (χ2n) is 3.68. The number of nitrogens with zero attached hydrogens (tertiary/aromatic N) is 1. The van der Waals surface area contributed by atoms with E-state index in [4.69, 9.17) is 16.7 Å². The molecule has 5 heteroatoms. The van der Waals surface area contributed by atoms with Crippen molar-refractivity contribution in [1.29, 1.82) is 0 Å². The summed E-state index contributed by atoms with van der Waals surface area (Å²) in [4.78, 5) is 23.9. The van der Waals surface area contributed by atoms with Crippen molar-refractivity contribution in [3.8, 4) is 0 Å². The fourth-order valence-corrected chi connectivity index (χ4v) is 1.65. The number of anilines is 1. The van der Waals surface area contributed by atoms with Crippen molar-refractivity contribution < 1.29 is 14.7 Å². The van der Waals surface area contributed by atoms with Gasteiger partial charge in [-0.25, -0.2) is 0 Å². The van der Waals surface area contributed by atoms with E-state index in [0.29, 0.717) is 17.1 Å². The lowest BCUT2D eigenvalue weighted by Crippen LogP contribution is -2.35. The lowest BCUT2D eigenvalue weighted by molar-refractivity contribution is -0.136. The number of amides is 1. The second-order valence-corrected chi connectivity index (χ2v) is 4.12. The molecule has 0 aliphatic carbocycles. The molecule has 1 rings (SSSR count). The Kier molecular flexibility index (Phi) is 5.39. The highest BCUT2D eigenvalue weighted by Crippen LogP contribution is 2.20. The molecule has 0 heterocycles. The number of rotatable bonds is 6. The Bertz CT molecular complexity index is 459. The summed E-state index contributed by atoms with van der Waals surface area (Å²) in [6.45, 7) is 3.15. The summed E-state index contributed by atoms with van der Waals surface area (Å²) in [5, 5.41) is 9.30. The van der Waals surface area contributed by atoms with Crippen molar-refractivity contribution >= 4 is 29.2 Å². The molecule has 0 saturated heterocycles. The second kappa shape index (κ2) is 6.81. The van der Waals surface area contributed by atoms with E-state index in [2.05, 4.69) is 6.58 Å². The van der Waals surface area contributed by atoms with Crippen LogP contribution in [0.1, 0.15) is 12.8 Å². The third-order valence-corrected chi connectivity index (χ3v) is 2.51. The predicted octanol–water partition coefficient (Wildman–Crippen LogP) is 2.72. The minimum atomic E-state index is -1.07. The number of allylic oxidation sites excluding steroid dienone is 1. The first-order valence-corrected chi connectivity index (χ1v) is 5.81. The fraction of sp³-hybridized carbons (Fsp3) is 0.231. The van der Waals surface area contributed by atoms with Crippen LogP contribution in [0.25, 0.3) is 0 Å². The zero-order chi connectivity index (χ0) is 13.5. The van der Waals surface area contributed by atoms with Gasteiger partial charge in [-0.2, -0.15) is 0 Å². The molecule has 0 unspecified atom stereocenters. The zero-order valence-electron chi connectivity index (χ0n) is 9.80. The predicted molar refractivity (Wildman–Crippen MR) is 70.9 cm³/mol. The van der Waals surface area contributed by atoms with Gasteiger partial charge in [-0.1, -0.05) is 23.7 Å². The molecule has 18 heavy (non-hydrogen) atoms. The average molecular weight is 268 g/mol. The Hall–Kier alpha value is -1.81. The number of carbonyl (C=O) groups is 2. The van der Waals surface area contributed by atoms with Crippen LogP contribution in [0.15, 0.2) is 36.9 Å². The summed E-state index contributed by atoms with van der Waals surface area (Å²) >= 11 is 5.83. The minimum Gasteiger partial charge on any atom is -0.480 e. The van der Waals surface area contributed by atoms with Gasteiger partial charge in [-0.15, -0.1) is 6.58 Å². The molecule has 0 fully saturated rings. The first-order chi connectivity index (χ1) is 8.54. The third-order valence-electron chi connectivity index (χ3n) is 2.28. The molecule has 1 N–H and O–H groups in total. The normalized spacial score (nSPS) is 9.83. The molecule has 4 nitrogen and oxygen atoms in total. The van der Waals surface area contributed by atoms with Crippen molar-refractivity contribution in [2.45, 2.75) is 12.8 Å². The molecule has 1 aromatic rings. The molecule has 0 radical (unpaired) electrons. The number of halogens is 1. The SMILES string of the molecule is C=CCCC(=O)N(CC(=O)O)c1cccc(Cl)c1. The molecule has 0 aliphatic rings. The third kappa shape index (κ3) is 4.22. The maximum atomic E-state index is 11.9. The number of carboxylic acids is 1. The summed E-state index contributed by atoms with van der Waals surface area (Å²) in [5.74, 6) is -1.33. The van der Waals surface area contributed by atoms with Crippen LogP contribution in [0, 0.1) is 0 Å². The number of benzene rings is 1. The molecule has 0 bridgehead atoms. The Morgan fingerprint density at radius 1 is 1.44 bits per heavy atom. The number of hydrogen-bond acceptors (Lipinski definition) is 2. The van der Waals surface area contributed by atoms with Crippen molar-refractivity contribution in [2.75, 3.05) is 11.4 Å². The lowest BCUT2D eigenvalue weighted by atomic mass is 10.2. The number of carboxylic acid groups (broad SMARTS) is 1. The molecule has 1 aromatic carbocycles. The maximum Gasteiger partial charge on any atom is 0.323 e. The van der Waals surface area contributed by atoms with Crippen LogP contribution in [0.3, 0.4) is 0 Å². The van der Waals surface area contributed by atoms with Crippen LogP contribution in [0.5, 0.6) is 0 Å². The smallest absolute Gasteiger partial charge is 0.323 e. The van der Waals surface area contributed by atoms with E-state index in [-0.39, 0.29) is 18.9 Å². The van der Waals surface area contributed by atoms with Crippen LogP contribution in [-0.2, 0) is 9.59 Å². The highest BCUT2D eigenvalue weighted by atomic mass is 35.5. The van der Waals surface area contributed by atoms with Crippen LogP contribution in [0.2, 0.25) is 5.02 Å². The Morgan fingerprint density at radius 3 is 2.72 bits per heavy atom. The van der Waals surface area contributed by atoms with Crippen LogP contribution >= 0.6 is 11.6 Å². The first-order valence-electron chi connectivity index (χ1n) is 5.43. The Labute approximate surface area is 110 Å². The molecule has 96 valence electrons.